The van der Waals surface area contributed by atoms with E-state index in [2.05, 4.69) is 17.2 Å². The van der Waals surface area contributed by atoms with E-state index in [0.29, 0.717) is 18.3 Å². The molecule has 1 aromatic rings. The molecule has 0 aromatic heterocycles. The van der Waals surface area contributed by atoms with Crippen LogP contribution < -0.4 is 11.1 Å². The van der Waals surface area contributed by atoms with Gasteiger partial charge in [-0.2, -0.15) is 0 Å². The molecule has 4 heteroatoms. The van der Waals surface area contributed by atoms with E-state index >= 15 is 0 Å². The quantitative estimate of drug-likeness (QED) is 0.574. The van der Waals surface area contributed by atoms with Gasteiger partial charge in [-0.1, -0.05) is 13.0 Å². The van der Waals surface area contributed by atoms with Crippen LogP contribution in [0.4, 0.5) is 0 Å². The topological polar surface area (TPSA) is 70.6 Å². The van der Waals surface area contributed by atoms with Crippen LogP contribution in [0.5, 0.6) is 5.75 Å². The Morgan fingerprint density at radius 3 is 2.95 bits per heavy atom. The van der Waals surface area contributed by atoms with E-state index in [1.54, 1.807) is 6.07 Å². The second-order valence-electron chi connectivity index (χ2n) is 5.04. The third kappa shape index (κ3) is 3.40. The van der Waals surface area contributed by atoms with Gasteiger partial charge in [0.15, 0.2) is 5.96 Å². The van der Waals surface area contributed by atoms with E-state index in [1.165, 1.54) is 24.0 Å². The molecule has 0 bridgehead atoms. The fourth-order valence-electron chi connectivity index (χ4n) is 2.54. The number of aromatic hydroxyl groups is 1. The number of hydrogen-bond acceptors (Lipinski definition) is 2. The summed E-state index contributed by atoms with van der Waals surface area (Å²) in [5, 5.41) is 13.1. The zero-order chi connectivity index (χ0) is 13.7. The Hall–Kier alpha value is -1.71. The van der Waals surface area contributed by atoms with Crippen LogP contribution >= 0.6 is 0 Å². The Balaban J connectivity index is 2.15. The zero-order valence-electron chi connectivity index (χ0n) is 11.6. The number of benzene rings is 1. The maximum absolute atomic E-state index is 10.0. The second-order valence-corrected chi connectivity index (χ2v) is 5.04. The van der Waals surface area contributed by atoms with Crippen LogP contribution in [0, 0.1) is 0 Å². The van der Waals surface area contributed by atoms with Crippen LogP contribution in [0.15, 0.2) is 17.1 Å². The van der Waals surface area contributed by atoms with Gasteiger partial charge in [0.05, 0.1) is 6.54 Å². The predicted molar refractivity (Wildman–Crippen MR) is 78.4 cm³/mol. The third-order valence-electron chi connectivity index (χ3n) is 3.59. The van der Waals surface area contributed by atoms with Crippen molar-refractivity contribution >= 4 is 5.96 Å². The molecule has 0 radical (unpaired) electrons. The first kappa shape index (κ1) is 13.7. The number of phenols is 1. The van der Waals surface area contributed by atoms with Gasteiger partial charge in [0.1, 0.15) is 5.75 Å². The Morgan fingerprint density at radius 2 is 2.16 bits per heavy atom. The van der Waals surface area contributed by atoms with E-state index in [1.807, 2.05) is 6.07 Å². The molecule has 0 heterocycles. The Labute approximate surface area is 114 Å². The highest BCUT2D eigenvalue weighted by Gasteiger charge is 2.15. The van der Waals surface area contributed by atoms with Gasteiger partial charge >= 0.3 is 0 Å². The number of aliphatic imine (C=N–C) groups is 1. The summed E-state index contributed by atoms with van der Waals surface area (Å²) in [6.07, 6.45) is 5.59. The van der Waals surface area contributed by atoms with Crippen molar-refractivity contribution in [3.8, 4) is 5.75 Å². The fourth-order valence-corrected chi connectivity index (χ4v) is 2.54. The number of guanidine groups is 1. The number of aryl methyl sites for hydroxylation is 1. The summed E-state index contributed by atoms with van der Waals surface area (Å²) >= 11 is 0. The standard InChI is InChI=1S/C15H23N3O/c1-2-9-17-15(16)18-10-13-12-6-4-3-5-11(12)7-8-14(13)19/h7-8,19H,2-6,9-10H2,1H3,(H3,16,17,18). The number of nitrogens with zero attached hydrogens (tertiary/aromatic N) is 1. The van der Waals surface area contributed by atoms with Gasteiger partial charge in [0.25, 0.3) is 0 Å². The fraction of sp³-hybridized carbons (Fsp3) is 0.533. The third-order valence-corrected chi connectivity index (χ3v) is 3.59. The van der Waals surface area contributed by atoms with Crippen molar-refractivity contribution in [1.82, 2.24) is 5.32 Å². The first-order chi connectivity index (χ1) is 9.22. The number of phenolic OH excluding ortho intramolecular Hbond substituents is 1. The summed E-state index contributed by atoms with van der Waals surface area (Å²) in [5.74, 6) is 0.794. The highest BCUT2D eigenvalue weighted by Crippen LogP contribution is 2.30. The normalized spacial score (nSPS) is 15.1. The number of nitrogens with two attached hydrogens (primary N) is 1. The first-order valence-electron chi connectivity index (χ1n) is 7.08. The van der Waals surface area contributed by atoms with Gasteiger partial charge in [-0.05, 0) is 49.3 Å². The van der Waals surface area contributed by atoms with E-state index in [4.69, 9.17) is 5.73 Å². The van der Waals surface area contributed by atoms with Crippen molar-refractivity contribution in [2.75, 3.05) is 6.54 Å². The molecule has 0 amide bonds. The number of hydrogen-bond donors (Lipinski definition) is 3. The monoisotopic (exact) mass is 261 g/mol. The van der Waals surface area contributed by atoms with E-state index in [9.17, 15) is 5.11 Å². The molecule has 19 heavy (non-hydrogen) atoms. The van der Waals surface area contributed by atoms with E-state index in [-0.39, 0.29) is 0 Å². The lowest BCUT2D eigenvalue weighted by molar-refractivity contribution is 0.465. The van der Waals surface area contributed by atoms with Crippen molar-refractivity contribution in [1.29, 1.82) is 0 Å². The van der Waals surface area contributed by atoms with Crippen LogP contribution in [0.2, 0.25) is 0 Å². The zero-order valence-corrected chi connectivity index (χ0v) is 11.6. The molecule has 0 aliphatic heterocycles. The highest BCUT2D eigenvalue weighted by molar-refractivity contribution is 5.77. The van der Waals surface area contributed by atoms with Gasteiger partial charge < -0.3 is 16.2 Å². The Bertz CT molecular complexity index is 469. The van der Waals surface area contributed by atoms with Crippen molar-refractivity contribution in [3.05, 3.63) is 28.8 Å². The predicted octanol–water partition coefficient (Wildman–Crippen LogP) is 2.09. The molecule has 0 saturated carbocycles. The molecule has 0 fully saturated rings. The summed E-state index contributed by atoms with van der Waals surface area (Å²) in [4.78, 5) is 4.32. The molecule has 1 aliphatic rings. The van der Waals surface area contributed by atoms with Crippen molar-refractivity contribution in [3.63, 3.8) is 0 Å². The summed E-state index contributed by atoms with van der Waals surface area (Å²) in [7, 11) is 0. The summed E-state index contributed by atoms with van der Waals surface area (Å²) in [5.41, 5.74) is 9.37. The molecule has 104 valence electrons. The van der Waals surface area contributed by atoms with Crippen molar-refractivity contribution in [2.24, 2.45) is 10.7 Å². The minimum Gasteiger partial charge on any atom is -0.508 e. The van der Waals surface area contributed by atoms with Gasteiger partial charge in [0.2, 0.25) is 0 Å². The van der Waals surface area contributed by atoms with Gasteiger partial charge in [0, 0.05) is 12.1 Å². The molecule has 1 aromatic carbocycles. The van der Waals surface area contributed by atoms with Gasteiger partial charge in [-0.25, -0.2) is 4.99 Å². The Morgan fingerprint density at radius 1 is 1.37 bits per heavy atom. The molecular formula is C15H23N3O. The summed E-state index contributed by atoms with van der Waals surface area (Å²) < 4.78 is 0. The van der Waals surface area contributed by atoms with Crippen LogP contribution in [0.3, 0.4) is 0 Å². The van der Waals surface area contributed by atoms with Gasteiger partial charge in [-0.15, -0.1) is 0 Å². The van der Waals surface area contributed by atoms with Crippen LogP contribution in [0.25, 0.3) is 0 Å². The lowest BCUT2D eigenvalue weighted by Gasteiger charge is -2.19. The van der Waals surface area contributed by atoms with E-state index < -0.39 is 0 Å². The van der Waals surface area contributed by atoms with Crippen LogP contribution in [0.1, 0.15) is 42.9 Å². The molecule has 0 spiro atoms. The molecule has 4 N–H and O–H groups in total. The van der Waals surface area contributed by atoms with Gasteiger partial charge in [-0.3, -0.25) is 0 Å². The maximum Gasteiger partial charge on any atom is 0.188 e. The highest BCUT2D eigenvalue weighted by atomic mass is 16.3. The number of nitrogens with one attached hydrogen (secondary N) is 1. The van der Waals surface area contributed by atoms with Crippen LogP contribution in [-0.4, -0.2) is 17.6 Å². The lowest BCUT2D eigenvalue weighted by atomic mass is 9.88. The lowest BCUT2D eigenvalue weighted by Crippen LogP contribution is -2.32. The first-order valence-corrected chi connectivity index (χ1v) is 7.08. The minimum atomic E-state index is 0.340. The van der Waals surface area contributed by atoms with Crippen LogP contribution in [-0.2, 0) is 19.4 Å². The molecule has 4 nitrogen and oxygen atoms in total. The number of fused-ring (bicyclic) bond motifs is 1. The molecular weight excluding hydrogens is 238 g/mol. The molecule has 1 aliphatic carbocycles. The molecule has 0 atom stereocenters. The SMILES string of the molecule is CCCNC(N)=NCc1c(O)ccc2c1CCCC2. The largest absolute Gasteiger partial charge is 0.508 e. The minimum absolute atomic E-state index is 0.340. The van der Waals surface area contributed by atoms with E-state index in [0.717, 1.165) is 31.4 Å². The summed E-state index contributed by atoms with van der Waals surface area (Å²) in [6.45, 7) is 3.37. The molecule has 2 rings (SSSR count). The average Bonchev–Trinajstić information content (AvgIpc) is 2.44. The second kappa shape index (κ2) is 6.45. The summed E-state index contributed by atoms with van der Waals surface area (Å²) in [6, 6.07) is 3.82. The molecule has 0 unspecified atom stereocenters. The van der Waals surface area contributed by atoms with Crippen molar-refractivity contribution in [2.45, 2.75) is 45.6 Å². The smallest absolute Gasteiger partial charge is 0.188 e. The molecule has 0 saturated heterocycles. The van der Waals surface area contributed by atoms with Crippen molar-refractivity contribution < 1.29 is 5.11 Å². The maximum atomic E-state index is 10.0. The average molecular weight is 261 g/mol. The number of rotatable bonds is 4. The Kier molecular flexibility index (Phi) is 4.66.